The predicted molar refractivity (Wildman–Crippen MR) is 5.75 cm³/mol. The van der Waals surface area contributed by atoms with Crippen molar-refractivity contribution < 1.29 is 91.4 Å². The third kappa shape index (κ3) is 223. The van der Waals surface area contributed by atoms with Crippen molar-refractivity contribution in [2.75, 3.05) is 0 Å². The van der Waals surface area contributed by atoms with E-state index in [9.17, 15) is 0 Å². The number of hydrogen-bond donors (Lipinski definition) is 0. The molecule has 4 radical (unpaired) electrons. The molecule has 0 atom stereocenters. The molecule has 0 bridgehead atoms. The van der Waals surface area contributed by atoms with E-state index in [1.807, 2.05) is 0 Å². The van der Waals surface area contributed by atoms with Gasteiger partial charge < -0.3 is 28.2 Å². The van der Waals surface area contributed by atoms with Crippen LogP contribution in [0, 0.1) is 0 Å². The largest absolute Gasteiger partial charge is 2.00 e. The Kier molecular flexibility index (Phi) is 12300. The molecule has 10 heavy (non-hydrogen) atoms. The molecule has 0 aliphatic heterocycles. The monoisotopic (exact) mass is 694 g/mol. The first-order valence-electron chi connectivity index (χ1n) is 0. The van der Waals surface area contributed by atoms with Crippen LogP contribution in [-0.2, 0) is 63.2 Å². The first-order valence-corrected chi connectivity index (χ1v) is 0. The molecule has 0 aromatic heterocycles. The molecule has 0 aromatic rings. The fourth-order valence-corrected chi connectivity index (χ4v) is 0. The fraction of sp³-hybridized carbons (Fsp3) is 0. The van der Waals surface area contributed by atoms with Crippen molar-refractivity contribution in [3.05, 3.63) is 0 Å². The Labute approximate surface area is 102 Å². The summed E-state index contributed by atoms with van der Waals surface area (Å²) >= 11 is 0. The van der Waals surface area contributed by atoms with E-state index in [1.165, 1.54) is 0 Å². The summed E-state index contributed by atoms with van der Waals surface area (Å²) in [7, 11) is 0. The number of rotatable bonds is 0. The molecule has 10 heteroatoms. The van der Waals surface area contributed by atoms with E-state index in [1.54, 1.807) is 0 Å². The van der Waals surface area contributed by atoms with Crippen LogP contribution in [0.3, 0.4) is 0 Å². The molecule has 0 heterocycles. The van der Waals surface area contributed by atoms with Gasteiger partial charge in [0.15, 0.2) is 0 Å². The van der Waals surface area contributed by atoms with Gasteiger partial charge in [0.25, 0.3) is 0 Å². The van der Waals surface area contributed by atoms with Gasteiger partial charge in [-0.15, -0.1) is 0 Å². The molecule has 0 aromatic carbocycles. The molecule has 0 aliphatic rings. The van der Waals surface area contributed by atoms with Gasteiger partial charge in [-0.1, -0.05) is 0 Å². The van der Waals surface area contributed by atoms with Crippen LogP contribution in [0.15, 0.2) is 0 Å². The molecule has 0 aliphatic carbocycles. The summed E-state index contributed by atoms with van der Waals surface area (Å²) in [6.07, 6.45) is 0. The second kappa shape index (κ2) is 305. The SMILES string of the molecule is [F-].[F-].[F-].[F-].[F-].[F-].[Si].[W+2].[W+2].[W+2]. The molecule has 0 spiro atoms. The minimum Gasteiger partial charge on any atom is -1.00 e. The van der Waals surface area contributed by atoms with Gasteiger partial charge in [0, 0.05) is 11.0 Å². The average molecular weight is 694 g/mol. The topological polar surface area (TPSA) is 0 Å². The molecule has 0 saturated heterocycles. The van der Waals surface area contributed by atoms with Crippen molar-refractivity contribution in [1.82, 2.24) is 0 Å². The van der Waals surface area contributed by atoms with Gasteiger partial charge in [0.1, 0.15) is 0 Å². The van der Waals surface area contributed by atoms with E-state index in [2.05, 4.69) is 0 Å². The van der Waals surface area contributed by atoms with Crippen molar-refractivity contribution in [1.29, 1.82) is 0 Å². The first-order chi connectivity index (χ1) is 0. The van der Waals surface area contributed by atoms with Crippen molar-refractivity contribution in [2.45, 2.75) is 0 Å². The zero-order valence-corrected chi connectivity index (χ0v) is 13.8. The Morgan fingerprint density at radius 1 is 0.300 bits per heavy atom. The van der Waals surface area contributed by atoms with E-state index in [0.717, 1.165) is 0 Å². The summed E-state index contributed by atoms with van der Waals surface area (Å²) in [4.78, 5) is 0. The van der Waals surface area contributed by atoms with Crippen molar-refractivity contribution >= 4 is 11.0 Å². The minimum absolute atomic E-state index is 0. The van der Waals surface area contributed by atoms with Crippen LogP contribution in [0.5, 0.6) is 0 Å². The molecule has 0 amide bonds. The van der Waals surface area contributed by atoms with Crippen LogP contribution >= 0.6 is 0 Å². The summed E-state index contributed by atoms with van der Waals surface area (Å²) in [5.74, 6) is 0. The molecular weight excluding hydrogens is 694 g/mol. The molecule has 0 nitrogen and oxygen atoms in total. The van der Waals surface area contributed by atoms with Crippen molar-refractivity contribution in [3.8, 4) is 0 Å². The van der Waals surface area contributed by atoms with E-state index in [4.69, 9.17) is 0 Å². The van der Waals surface area contributed by atoms with Gasteiger partial charge in [0.2, 0.25) is 0 Å². The van der Waals surface area contributed by atoms with E-state index in [-0.39, 0.29) is 102 Å². The maximum atomic E-state index is 0. The quantitative estimate of drug-likeness (QED) is 0.175. The maximum Gasteiger partial charge on any atom is 2.00 e. The summed E-state index contributed by atoms with van der Waals surface area (Å²) in [5, 5.41) is 0. The van der Waals surface area contributed by atoms with Crippen molar-refractivity contribution in [2.24, 2.45) is 0 Å². The maximum absolute atomic E-state index is 0. The molecular formula is F6SiW3. The molecule has 0 rings (SSSR count). The molecule has 64 valence electrons. The normalized spacial score (nSPS) is 0. The van der Waals surface area contributed by atoms with Crippen LogP contribution < -0.4 is 28.2 Å². The Hall–Kier alpha value is 1.86. The molecule has 0 saturated carbocycles. The second-order valence-electron chi connectivity index (χ2n) is 0. The summed E-state index contributed by atoms with van der Waals surface area (Å²) in [5.41, 5.74) is 0. The van der Waals surface area contributed by atoms with Gasteiger partial charge in [-0.2, -0.15) is 0 Å². The minimum atomic E-state index is 0. The van der Waals surface area contributed by atoms with Crippen molar-refractivity contribution in [3.63, 3.8) is 0 Å². The van der Waals surface area contributed by atoms with Crippen LogP contribution in [0.25, 0.3) is 0 Å². The Bertz CT molecular complexity index is 13.0. The zero-order valence-electron chi connectivity index (χ0n) is 3.99. The van der Waals surface area contributed by atoms with E-state index < -0.39 is 0 Å². The Morgan fingerprint density at radius 3 is 0.300 bits per heavy atom. The Morgan fingerprint density at radius 2 is 0.300 bits per heavy atom. The van der Waals surface area contributed by atoms with Gasteiger partial charge in [-0.3, -0.25) is 0 Å². The van der Waals surface area contributed by atoms with Crippen LogP contribution in [0.1, 0.15) is 0 Å². The van der Waals surface area contributed by atoms with Gasteiger partial charge >= 0.3 is 63.2 Å². The predicted octanol–water partition coefficient (Wildman–Crippen LogP) is -18.4. The third-order valence-electron chi connectivity index (χ3n) is 0. The van der Waals surface area contributed by atoms with Crippen LogP contribution in [0.4, 0.5) is 0 Å². The number of hydrogen-bond acceptors (Lipinski definition) is 0. The summed E-state index contributed by atoms with van der Waals surface area (Å²) in [6, 6.07) is 0. The standard InChI is InChI=1S/6FH.Si.3W/h6*1H;;;;/q;;;;;;;3*+2/p-6. The van der Waals surface area contributed by atoms with Crippen LogP contribution in [0.2, 0.25) is 0 Å². The first kappa shape index (κ1) is 404. The molecule has 0 unspecified atom stereocenters. The summed E-state index contributed by atoms with van der Waals surface area (Å²) < 4.78 is 0. The van der Waals surface area contributed by atoms with Gasteiger partial charge in [-0.25, -0.2) is 0 Å². The molecule has 0 fully saturated rings. The van der Waals surface area contributed by atoms with E-state index >= 15 is 0 Å². The average Bonchev–Trinajstić information content (AvgIpc) is 0. The number of halogens is 6. The fourth-order valence-electron chi connectivity index (χ4n) is 0. The molecule has 0 N–H and O–H groups in total. The zero-order chi connectivity index (χ0) is 0. The van der Waals surface area contributed by atoms with Gasteiger partial charge in [0.05, 0.1) is 0 Å². The summed E-state index contributed by atoms with van der Waals surface area (Å²) in [6.45, 7) is 0. The van der Waals surface area contributed by atoms with Crippen LogP contribution in [-0.4, -0.2) is 11.0 Å². The Balaban J connectivity index is 0. The third-order valence-corrected chi connectivity index (χ3v) is 0. The van der Waals surface area contributed by atoms with E-state index in [0.29, 0.717) is 0 Å². The second-order valence-corrected chi connectivity index (χ2v) is 0. The van der Waals surface area contributed by atoms with Gasteiger partial charge in [-0.05, 0) is 0 Å². The smallest absolute Gasteiger partial charge is 1.00 e.